The molecule has 3 heterocycles. The van der Waals surface area contributed by atoms with Crippen LogP contribution in [-0.2, 0) is 17.6 Å². The number of hydrogen-bond donors (Lipinski definition) is 0. The summed E-state index contributed by atoms with van der Waals surface area (Å²) in [5, 5.41) is 3.98. The maximum absolute atomic E-state index is 12.5. The highest BCUT2D eigenvalue weighted by Gasteiger charge is 2.35. The third-order valence-electron chi connectivity index (χ3n) is 5.16. The molecule has 1 unspecified atom stereocenters. The largest absolute Gasteiger partial charge is 0.449 e. The Kier molecular flexibility index (Phi) is 3.41. The van der Waals surface area contributed by atoms with Crippen LogP contribution in [0.4, 0.5) is 5.69 Å². The molecule has 26 heavy (non-hydrogen) atoms. The van der Waals surface area contributed by atoms with E-state index in [-0.39, 0.29) is 11.8 Å². The molecule has 2 aliphatic rings. The van der Waals surface area contributed by atoms with Gasteiger partial charge in [-0.2, -0.15) is 4.98 Å². The molecule has 1 saturated heterocycles. The second kappa shape index (κ2) is 5.79. The number of oxazole rings is 1. The van der Waals surface area contributed by atoms with Crippen molar-refractivity contribution in [3.8, 4) is 11.5 Å². The van der Waals surface area contributed by atoms with Gasteiger partial charge < -0.3 is 13.8 Å². The Balaban J connectivity index is 1.38. The molecule has 132 valence electrons. The molecule has 0 N–H and O–H groups in total. The van der Waals surface area contributed by atoms with Crippen LogP contribution < -0.4 is 4.90 Å². The number of carbonyl (C=O) groups excluding carboxylic acids is 1. The van der Waals surface area contributed by atoms with E-state index in [1.807, 2.05) is 11.0 Å². The van der Waals surface area contributed by atoms with Crippen LogP contribution in [0.5, 0.6) is 0 Å². The second-order valence-corrected chi connectivity index (χ2v) is 6.92. The van der Waals surface area contributed by atoms with Crippen molar-refractivity contribution in [2.24, 2.45) is 0 Å². The highest BCUT2D eigenvalue weighted by atomic mass is 16.5. The predicted molar refractivity (Wildman–Crippen MR) is 92.7 cm³/mol. The van der Waals surface area contributed by atoms with Crippen LogP contribution in [0.3, 0.4) is 0 Å². The number of anilines is 1. The van der Waals surface area contributed by atoms with Gasteiger partial charge in [0.15, 0.2) is 5.89 Å². The monoisotopic (exact) mass is 350 g/mol. The molecule has 1 amide bonds. The van der Waals surface area contributed by atoms with Crippen LogP contribution in [0.1, 0.15) is 41.7 Å². The van der Waals surface area contributed by atoms with Crippen LogP contribution in [0.25, 0.3) is 11.5 Å². The zero-order valence-corrected chi connectivity index (χ0v) is 14.4. The average molecular weight is 350 g/mol. The summed E-state index contributed by atoms with van der Waals surface area (Å²) in [5.74, 6) is 1.39. The van der Waals surface area contributed by atoms with E-state index >= 15 is 0 Å². The molecule has 1 atom stereocenters. The van der Waals surface area contributed by atoms with E-state index in [0.717, 1.165) is 18.5 Å². The fraction of sp³-hybridized carbons (Fsp3) is 0.368. The molecule has 1 aliphatic heterocycles. The number of benzene rings is 1. The number of aryl methyl sites for hydroxylation is 3. The average Bonchev–Trinajstić information content (AvgIpc) is 3.40. The van der Waals surface area contributed by atoms with Crippen molar-refractivity contribution in [3.05, 3.63) is 47.4 Å². The minimum atomic E-state index is -0.106. The van der Waals surface area contributed by atoms with E-state index in [4.69, 9.17) is 8.94 Å². The van der Waals surface area contributed by atoms with E-state index in [1.165, 1.54) is 23.8 Å². The van der Waals surface area contributed by atoms with Gasteiger partial charge in [-0.3, -0.25) is 4.79 Å². The van der Waals surface area contributed by atoms with Gasteiger partial charge in [-0.05, 0) is 42.5 Å². The van der Waals surface area contributed by atoms with Gasteiger partial charge in [0, 0.05) is 25.6 Å². The molecule has 1 aliphatic carbocycles. The van der Waals surface area contributed by atoms with Crippen molar-refractivity contribution in [2.75, 3.05) is 11.4 Å². The molecule has 5 rings (SSSR count). The Labute approximate surface area is 150 Å². The summed E-state index contributed by atoms with van der Waals surface area (Å²) in [6, 6.07) is 6.35. The molecular weight excluding hydrogens is 332 g/mol. The first-order valence-electron chi connectivity index (χ1n) is 8.85. The minimum Gasteiger partial charge on any atom is -0.449 e. The third-order valence-corrected chi connectivity index (χ3v) is 5.16. The van der Waals surface area contributed by atoms with Crippen molar-refractivity contribution >= 4 is 11.6 Å². The fourth-order valence-electron chi connectivity index (χ4n) is 3.82. The van der Waals surface area contributed by atoms with Crippen molar-refractivity contribution < 1.29 is 13.7 Å². The summed E-state index contributed by atoms with van der Waals surface area (Å²) in [6.45, 7) is 2.31. The van der Waals surface area contributed by atoms with E-state index in [2.05, 4.69) is 27.3 Å². The second-order valence-electron chi connectivity index (χ2n) is 6.92. The minimum absolute atomic E-state index is 0.0879. The van der Waals surface area contributed by atoms with Gasteiger partial charge >= 0.3 is 0 Å². The lowest BCUT2D eigenvalue weighted by Crippen LogP contribution is -2.24. The van der Waals surface area contributed by atoms with E-state index in [1.54, 1.807) is 6.92 Å². The molecular formula is C19H18N4O3. The zero-order chi connectivity index (χ0) is 17.7. The van der Waals surface area contributed by atoms with Gasteiger partial charge in [-0.15, -0.1) is 0 Å². The highest BCUT2D eigenvalue weighted by Crippen LogP contribution is 2.34. The Hall–Kier alpha value is -2.96. The highest BCUT2D eigenvalue weighted by molar-refractivity contribution is 5.96. The molecule has 0 spiro atoms. The predicted octanol–water partition coefficient (Wildman–Crippen LogP) is 3.04. The molecule has 0 radical (unpaired) electrons. The van der Waals surface area contributed by atoms with Gasteiger partial charge in [0.25, 0.3) is 0 Å². The molecule has 7 nitrogen and oxygen atoms in total. The Bertz CT molecular complexity index is 990. The SMILES string of the molecule is Cc1nc(-c2noc(C3CC(=O)N(c4ccc5c(c4)CCC5)C3)n2)co1. The van der Waals surface area contributed by atoms with Crippen molar-refractivity contribution in [1.29, 1.82) is 0 Å². The van der Waals surface area contributed by atoms with Crippen molar-refractivity contribution in [3.63, 3.8) is 0 Å². The number of carbonyl (C=O) groups is 1. The van der Waals surface area contributed by atoms with Crippen LogP contribution in [0.15, 0.2) is 33.4 Å². The van der Waals surface area contributed by atoms with Crippen molar-refractivity contribution in [2.45, 2.75) is 38.5 Å². The first-order chi connectivity index (χ1) is 12.7. The summed E-state index contributed by atoms with van der Waals surface area (Å²) in [7, 11) is 0. The summed E-state index contributed by atoms with van der Waals surface area (Å²) in [4.78, 5) is 23.0. The lowest BCUT2D eigenvalue weighted by Gasteiger charge is -2.17. The molecule has 2 aromatic heterocycles. The summed E-state index contributed by atoms with van der Waals surface area (Å²) >= 11 is 0. The van der Waals surface area contributed by atoms with Crippen LogP contribution in [-0.4, -0.2) is 27.6 Å². The Morgan fingerprint density at radius 2 is 2.08 bits per heavy atom. The number of nitrogens with zero attached hydrogens (tertiary/aromatic N) is 4. The van der Waals surface area contributed by atoms with Crippen LogP contribution in [0.2, 0.25) is 0 Å². The summed E-state index contributed by atoms with van der Waals surface area (Å²) in [6.07, 6.45) is 5.30. The van der Waals surface area contributed by atoms with Gasteiger partial charge in [0.05, 0.1) is 5.92 Å². The van der Waals surface area contributed by atoms with Gasteiger partial charge in [0.1, 0.15) is 12.0 Å². The number of fused-ring (bicyclic) bond motifs is 1. The van der Waals surface area contributed by atoms with E-state index in [9.17, 15) is 4.79 Å². The van der Waals surface area contributed by atoms with Crippen molar-refractivity contribution in [1.82, 2.24) is 15.1 Å². The Morgan fingerprint density at radius 1 is 1.19 bits per heavy atom. The molecule has 1 aromatic carbocycles. The molecule has 3 aromatic rings. The fourth-order valence-corrected chi connectivity index (χ4v) is 3.82. The number of hydrogen-bond acceptors (Lipinski definition) is 6. The number of aromatic nitrogens is 3. The lowest BCUT2D eigenvalue weighted by molar-refractivity contribution is -0.117. The third kappa shape index (κ3) is 2.51. The molecule has 1 fully saturated rings. The van der Waals surface area contributed by atoms with Gasteiger partial charge in [-0.25, -0.2) is 4.98 Å². The van der Waals surface area contributed by atoms with E-state index in [0.29, 0.717) is 36.3 Å². The Morgan fingerprint density at radius 3 is 2.92 bits per heavy atom. The standard InChI is InChI=1S/C19H18N4O3/c1-11-20-16(10-25-11)18-21-19(26-22-18)14-8-17(24)23(9-14)15-6-5-12-3-2-4-13(12)7-15/h5-7,10,14H,2-4,8-9H2,1H3. The smallest absolute Gasteiger partial charge is 0.232 e. The maximum atomic E-state index is 12.5. The van der Waals surface area contributed by atoms with Gasteiger partial charge in [0.2, 0.25) is 17.6 Å². The van der Waals surface area contributed by atoms with E-state index < -0.39 is 0 Å². The zero-order valence-electron chi connectivity index (χ0n) is 14.4. The summed E-state index contributed by atoms with van der Waals surface area (Å²) < 4.78 is 10.6. The maximum Gasteiger partial charge on any atom is 0.232 e. The quantitative estimate of drug-likeness (QED) is 0.722. The van der Waals surface area contributed by atoms with Crippen LogP contribution in [0, 0.1) is 6.92 Å². The molecule has 7 heteroatoms. The normalized spacial score (nSPS) is 19.3. The first-order valence-corrected chi connectivity index (χ1v) is 8.85. The molecule has 0 bridgehead atoms. The van der Waals surface area contributed by atoms with Gasteiger partial charge in [-0.1, -0.05) is 11.2 Å². The number of rotatable bonds is 3. The molecule has 0 saturated carbocycles. The summed E-state index contributed by atoms with van der Waals surface area (Å²) in [5.41, 5.74) is 4.27. The van der Waals surface area contributed by atoms with Crippen LogP contribution >= 0.6 is 0 Å². The first kappa shape index (κ1) is 15.3. The lowest BCUT2D eigenvalue weighted by atomic mass is 10.1. The number of amides is 1. The topological polar surface area (TPSA) is 85.3 Å².